The first kappa shape index (κ1) is 21.3. The third-order valence-corrected chi connectivity index (χ3v) is 6.79. The van der Waals surface area contributed by atoms with Crippen molar-refractivity contribution in [1.82, 2.24) is 4.90 Å². The molecule has 2 amide bonds. The van der Waals surface area contributed by atoms with Gasteiger partial charge in [-0.25, -0.2) is 4.39 Å². The van der Waals surface area contributed by atoms with E-state index in [2.05, 4.69) is 0 Å². The molecule has 0 aliphatic carbocycles. The zero-order valence-corrected chi connectivity index (χ0v) is 18.3. The number of carbonyl (C=O) groups excluding carboxylic acids is 3. The molecule has 0 bridgehead atoms. The van der Waals surface area contributed by atoms with Crippen LogP contribution in [0.3, 0.4) is 0 Å². The Kier molecular flexibility index (Phi) is 4.86. The number of anilines is 1. The lowest BCUT2D eigenvalue weighted by molar-refractivity contribution is -0.145. The number of carbonyl (C=O) groups is 3. The van der Waals surface area contributed by atoms with Gasteiger partial charge >= 0.3 is 0 Å². The molecule has 0 unspecified atom stereocenters. The lowest BCUT2D eigenvalue weighted by Crippen LogP contribution is -2.53. The van der Waals surface area contributed by atoms with Gasteiger partial charge in [0.05, 0.1) is 11.7 Å². The summed E-state index contributed by atoms with van der Waals surface area (Å²) in [6.45, 7) is 2.14. The van der Waals surface area contributed by atoms with Gasteiger partial charge < -0.3 is 19.6 Å². The van der Waals surface area contributed by atoms with Crippen molar-refractivity contribution >= 4 is 29.0 Å². The largest absolute Gasteiger partial charge is 0.507 e. The Morgan fingerprint density at radius 2 is 1.97 bits per heavy atom. The van der Waals surface area contributed by atoms with Gasteiger partial charge in [0, 0.05) is 37.0 Å². The second-order valence-corrected chi connectivity index (χ2v) is 8.66. The fraction of sp³-hybridized carbons (Fsp3) is 0.320. The van der Waals surface area contributed by atoms with Crippen molar-refractivity contribution in [3.05, 3.63) is 70.5 Å². The predicted octanol–water partition coefficient (Wildman–Crippen LogP) is 2.87. The molecule has 3 aliphatic heterocycles. The molecular weight excluding hydrogens is 427 g/mol. The molecule has 2 fully saturated rings. The van der Waals surface area contributed by atoms with Gasteiger partial charge in [-0.15, -0.1) is 0 Å². The number of nitrogens with zero attached hydrogens (tertiary/aromatic N) is 2. The van der Waals surface area contributed by atoms with E-state index in [1.54, 1.807) is 38.2 Å². The number of hydrogen-bond donors (Lipinski definition) is 1. The summed E-state index contributed by atoms with van der Waals surface area (Å²) in [6.07, 6.45) is 1.17. The van der Waals surface area contributed by atoms with Gasteiger partial charge in [0.1, 0.15) is 11.6 Å². The van der Waals surface area contributed by atoms with Crippen LogP contribution in [0.1, 0.15) is 29.5 Å². The number of aryl methyl sites for hydroxylation is 1. The molecule has 2 atom stereocenters. The van der Waals surface area contributed by atoms with E-state index in [1.165, 1.54) is 21.9 Å². The maximum absolute atomic E-state index is 14.3. The number of para-hydroxylation sites is 1. The molecule has 5 rings (SSSR count). The van der Waals surface area contributed by atoms with E-state index < -0.39 is 34.7 Å². The van der Waals surface area contributed by atoms with Gasteiger partial charge in [-0.3, -0.25) is 14.4 Å². The number of likely N-dealkylation sites (tertiary alicyclic amines) is 1. The second kappa shape index (κ2) is 7.52. The molecule has 0 aromatic heterocycles. The summed E-state index contributed by atoms with van der Waals surface area (Å²) in [6, 6.07) is 10.9. The van der Waals surface area contributed by atoms with Crippen LogP contribution in [0.15, 0.2) is 48.0 Å². The van der Waals surface area contributed by atoms with E-state index in [1.807, 2.05) is 0 Å². The smallest absolute Gasteiger partial charge is 0.296 e. The van der Waals surface area contributed by atoms with Crippen LogP contribution in [0, 0.1) is 12.7 Å². The van der Waals surface area contributed by atoms with Crippen LogP contribution < -0.4 is 4.90 Å². The van der Waals surface area contributed by atoms with Gasteiger partial charge in [0.2, 0.25) is 0 Å². The molecule has 7 nitrogen and oxygen atoms in total. The van der Waals surface area contributed by atoms with Crippen molar-refractivity contribution in [3.63, 3.8) is 0 Å². The van der Waals surface area contributed by atoms with Crippen LogP contribution in [0.5, 0.6) is 0 Å². The molecule has 8 heteroatoms. The van der Waals surface area contributed by atoms with Crippen LogP contribution >= 0.6 is 0 Å². The highest BCUT2D eigenvalue weighted by Gasteiger charge is 2.67. The van der Waals surface area contributed by atoms with Crippen molar-refractivity contribution in [1.29, 1.82) is 0 Å². The molecule has 0 radical (unpaired) electrons. The molecule has 2 saturated heterocycles. The monoisotopic (exact) mass is 450 g/mol. The molecule has 2 aromatic carbocycles. The van der Waals surface area contributed by atoms with E-state index in [-0.39, 0.29) is 23.8 Å². The number of benzene rings is 2. The number of aliphatic hydroxyl groups excluding tert-OH is 1. The Hall–Kier alpha value is -3.52. The number of rotatable bonds is 3. The first-order chi connectivity index (χ1) is 15.8. The molecule has 1 spiro atoms. The van der Waals surface area contributed by atoms with Gasteiger partial charge in [-0.2, -0.15) is 0 Å². The van der Waals surface area contributed by atoms with Crippen molar-refractivity contribution < 1.29 is 28.6 Å². The maximum atomic E-state index is 14.3. The highest BCUT2D eigenvalue weighted by Crippen LogP contribution is 2.53. The molecule has 3 heterocycles. The minimum absolute atomic E-state index is 0.0208. The van der Waals surface area contributed by atoms with Crippen molar-refractivity contribution in [3.8, 4) is 0 Å². The van der Waals surface area contributed by atoms with Crippen LogP contribution in [0.25, 0.3) is 5.76 Å². The summed E-state index contributed by atoms with van der Waals surface area (Å²) < 4.78 is 20.0. The third kappa shape index (κ3) is 2.87. The topological polar surface area (TPSA) is 87.1 Å². The Bertz CT molecular complexity index is 1230. The van der Waals surface area contributed by atoms with Gasteiger partial charge in [0.25, 0.3) is 17.6 Å². The highest BCUT2D eigenvalue weighted by molar-refractivity contribution is 6.50. The number of amides is 2. The number of Topliss-reactive ketones (excluding diaryl/α,β-unsaturated/α-hetero) is 1. The summed E-state index contributed by atoms with van der Waals surface area (Å²) >= 11 is 0. The summed E-state index contributed by atoms with van der Waals surface area (Å²) in [5.74, 6) is -3.56. The van der Waals surface area contributed by atoms with Gasteiger partial charge in [-0.05, 0) is 37.5 Å². The number of hydrogen-bond acceptors (Lipinski definition) is 5. The van der Waals surface area contributed by atoms with Gasteiger partial charge in [-0.1, -0.05) is 30.3 Å². The number of likely N-dealkylation sites (N-methyl/N-ethyl adjacent to an activating group) is 1. The first-order valence-corrected chi connectivity index (χ1v) is 10.8. The van der Waals surface area contributed by atoms with Crippen molar-refractivity contribution in [2.24, 2.45) is 0 Å². The van der Waals surface area contributed by atoms with Crippen molar-refractivity contribution in [2.75, 3.05) is 25.1 Å². The molecular formula is C25H23FN2O5. The van der Waals surface area contributed by atoms with Crippen LogP contribution in [0.4, 0.5) is 10.1 Å². The molecule has 3 aliphatic rings. The molecule has 170 valence electrons. The molecule has 33 heavy (non-hydrogen) atoms. The zero-order chi connectivity index (χ0) is 23.5. The maximum Gasteiger partial charge on any atom is 0.296 e. The normalized spacial score (nSPS) is 26.0. The highest BCUT2D eigenvalue weighted by atomic mass is 19.1. The number of fused-ring (bicyclic) bond motifs is 2. The van der Waals surface area contributed by atoms with E-state index in [9.17, 15) is 23.9 Å². The molecule has 0 saturated carbocycles. The fourth-order valence-corrected chi connectivity index (χ4v) is 5.10. The minimum Gasteiger partial charge on any atom is -0.507 e. The third-order valence-electron chi connectivity index (χ3n) is 6.79. The summed E-state index contributed by atoms with van der Waals surface area (Å²) in [4.78, 5) is 43.1. The van der Waals surface area contributed by atoms with E-state index in [4.69, 9.17) is 4.74 Å². The number of halogens is 1. The lowest BCUT2D eigenvalue weighted by Gasteiger charge is -2.35. The van der Waals surface area contributed by atoms with Crippen molar-refractivity contribution in [2.45, 2.75) is 31.4 Å². The predicted molar refractivity (Wildman–Crippen MR) is 118 cm³/mol. The average Bonchev–Trinajstić information content (AvgIpc) is 3.46. The summed E-state index contributed by atoms with van der Waals surface area (Å²) in [5, 5.41) is 11.3. The Morgan fingerprint density at radius 1 is 1.21 bits per heavy atom. The minimum atomic E-state index is -1.85. The number of ether oxygens (including phenoxy) is 1. The lowest BCUT2D eigenvalue weighted by atomic mass is 9.81. The standard InChI is InChI=1S/C25H23FN2O5/c1-14-9-10-15(12-18(14)26)21(29)20-22(30)23(31)28(13-16-6-5-11-33-16)25(20)17-7-3-4-8-19(17)27(2)24(25)32/h3-4,7-10,12,16,29H,5-6,11,13H2,1-2H3/t16-,25-/m0/s1. The van der Waals surface area contributed by atoms with Gasteiger partial charge in [0.15, 0.2) is 5.54 Å². The first-order valence-electron chi connectivity index (χ1n) is 10.8. The molecule has 1 N–H and O–H groups in total. The number of ketones is 1. The Labute approximate surface area is 190 Å². The fourth-order valence-electron chi connectivity index (χ4n) is 5.10. The van der Waals surface area contributed by atoms with E-state index in [0.717, 1.165) is 12.5 Å². The SMILES string of the molecule is Cc1ccc(C(O)=C2C(=O)C(=O)N(C[C@@H]3CCCO3)[C@]23C(=O)N(C)c2ccccc23)cc1F. The summed E-state index contributed by atoms with van der Waals surface area (Å²) in [5.41, 5.74) is -0.867. The van der Waals surface area contributed by atoms with E-state index >= 15 is 0 Å². The average molecular weight is 450 g/mol. The second-order valence-electron chi connectivity index (χ2n) is 8.66. The van der Waals surface area contributed by atoms with E-state index in [0.29, 0.717) is 29.8 Å². The zero-order valence-electron chi connectivity index (χ0n) is 18.3. The van der Waals surface area contributed by atoms with Crippen LogP contribution in [0.2, 0.25) is 0 Å². The number of aliphatic hydroxyl groups is 1. The quantitative estimate of drug-likeness (QED) is 0.442. The van der Waals surface area contributed by atoms with Crippen LogP contribution in [-0.2, 0) is 24.7 Å². The Morgan fingerprint density at radius 3 is 2.67 bits per heavy atom. The summed E-state index contributed by atoms with van der Waals surface area (Å²) in [7, 11) is 1.56. The van der Waals surface area contributed by atoms with Crippen LogP contribution in [-0.4, -0.2) is 53.9 Å². The molecule has 2 aromatic rings. The Balaban J connectivity index is 1.79.